The second-order valence-electron chi connectivity index (χ2n) is 6.20. The number of rotatable bonds is 10. The number of pyridine rings is 1. The van der Waals surface area contributed by atoms with E-state index in [0.29, 0.717) is 11.3 Å². The summed E-state index contributed by atoms with van der Waals surface area (Å²) in [5.41, 5.74) is 0.758. The van der Waals surface area contributed by atoms with E-state index in [-0.39, 0.29) is 25.3 Å². The van der Waals surface area contributed by atoms with Crippen LogP contribution >= 0.6 is 0 Å². The quantitative estimate of drug-likeness (QED) is 0.344. The van der Waals surface area contributed by atoms with Gasteiger partial charge in [0.05, 0.1) is 26.7 Å². The van der Waals surface area contributed by atoms with Crippen molar-refractivity contribution >= 4 is 17.7 Å². The van der Waals surface area contributed by atoms with Crippen LogP contribution in [0.15, 0.2) is 48.7 Å². The maximum Gasteiger partial charge on any atom is 0.317 e. The number of nitrogens with zero attached hydrogens (tertiary/aromatic N) is 1. The Kier molecular flexibility index (Phi) is 8.33. The lowest BCUT2D eigenvalue weighted by molar-refractivity contribution is -0.148. The highest BCUT2D eigenvalue weighted by molar-refractivity contribution is 6.08. The van der Waals surface area contributed by atoms with Crippen molar-refractivity contribution in [1.82, 2.24) is 4.98 Å². The van der Waals surface area contributed by atoms with Crippen LogP contribution in [0.5, 0.6) is 5.75 Å². The molecule has 0 aliphatic carbocycles. The summed E-state index contributed by atoms with van der Waals surface area (Å²) in [6.45, 7) is 3.67. The zero-order valence-corrected chi connectivity index (χ0v) is 16.8. The molecule has 0 spiro atoms. The van der Waals surface area contributed by atoms with Gasteiger partial charge in [-0.3, -0.25) is 19.4 Å². The lowest BCUT2D eigenvalue weighted by Gasteiger charge is -2.24. The summed E-state index contributed by atoms with van der Waals surface area (Å²) in [5.74, 6) is -3.09. The van der Waals surface area contributed by atoms with E-state index in [2.05, 4.69) is 4.98 Å². The summed E-state index contributed by atoms with van der Waals surface area (Å²) in [4.78, 5) is 42.3. The highest BCUT2D eigenvalue weighted by atomic mass is 16.5. The summed E-state index contributed by atoms with van der Waals surface area (Å²) in [7, 11) is 1.54. The van der Waals surface area contributed by atoms with Gasteiger partial charge in [-0.1, -0.05) is 18.2 Å². The van der Waals surface area contributed by atoms with E-state index in [4.69, 9.17) is 14.2 Å². The van der Waals surface area contributed by atoms with Gasteiger partial charge in [-0.2, -0.15) is 0 Å². The molecule has 7 nitrogen and oxygen atoms in total. The average Bonchev–Trinajstić information content (AvgIpc) is 2.74. The number of Topliss-reactive ketones (excluding diaryl/α,β-unsaturated/α-hetero) is 1. The Morgan fingerprint density at radius 3 is 2.21 bits per heavy atom. The molecular formula is C22H25NO6. The van der Waals surface area contributed by atoms with Crippen LogP contribution in [0.4, 0.5) is 0 Å². The zero-order valence-electron chi connectivity index (χ0n) is 16.8. The third-order valence-corrected chi connectivity index (χ3v) is 4.38. The van der Waals surface area contributed by atoms with E-state index in [9.17, 15) is 14.4 Å². The van der Waals surface area contributed by atoms with Gasteiger partial charge in [-0.25, -0.2) is 0 Å². The molecule has 0 aliphatic heterocycles. The second kappa shape index (κ2) is 10.9. The van der Waals surface area contributed by atoms with Crippen molar-refractivity contribution in [2.24, 2.45) is 5.92 Å². The molecule has 0 saturated heterocycles. The van der Waals surface area contributed by atoms with E-state index in [1.165, 1.54) is 19.4 Å². The number of hydrogen-bond donors (Lipinski definition) is 0. The fourth-order valence-corrected chi connectivity index (χ4v) is 3.03. The number of benzene rings is 1. The van der Waals surface area contributed by atoms with Crippen LogP contribution in [0, 0.1) is 5.92 Å². The van der Waals surface area contributed by atoms with Gasteiger partial charge in [0.2, 0.25) is 0 Å². The predicted octanol–water partition coefficient (Wildman–Crippen LogP) is 3.19. The molecule has 2 rings (SSSR count). The molecule has 154 valence electrons. The molecule has 0 aliphatic rings. The first-order chi connectivity index (χ1) is 14.0. The normalized spacial score (nSPS) is 12.5. The van der Waals surface area contributed by atoms with Gasteiger partial charge < -0.3 is 14.2 Å². The van der Waals surface area contributed by atoms with Gasteiger partial charge in [0, 0.05) is 12.1 Å². The van der Waals surface area contributed by atoms with Gasteiger partial charge in [-0.15, -0.1) is 0 Å². The van der Waals surface area contributed by atoms with Gasteiger partial charge in [0.25, 0.3) is 0 Å². The minimum atomic E-state index is -1.23. The first kappa shape index (κ1) is 22.1. The van der Waals surface area contributed by atoms with Crippen LogP contribution in [0.2, 0.25) is 0 Å². The van der Waals surface area contributed by atoms with Crippen LogP contribution in [0.25, 0.3) is 0 Å². The number of carbonyl (C=O) groups excluding carboxylic acids is 3. The van der Waals surface area contributed by atoms with Crippen LogP contribution in [0.3, 0.4) is 0 Å². The fraction of sp³-hybridized carbons (Fsp3) is 0.364. The van der Waals surface area contributed by atoms with Crippen molar-refractivity contribution < 1.29 is 28.6 Å². The molecule has 7 heteroatoms. The summed E-state index contributed by atoms with van der Waals surface area (Å²) >= 11 is 0. The average molecular weight is 399 g/mol. The molecule has 0 radical (unpaired) electrons. The van der Waals surface area contributed by atoms with Crippen molar-refractivity contribution in [3.63, 3.8) is 0 Å². The first-order valence-electron chi connectivity index (χ1n) is 9.43. The number of ketones is 1. The molecule has 1 aromatic heterocycles. The molecule has 0 N–H and O–H groups in total. The van der Waals surface area contributed by atoms with E-state index >= 15 is 0 Å². The Morgan fingerprint density at radius 2 is 1.66 bits per heavy atom. The summed E-state index contributed by atoms with van der Waals surface area (Å²) < 4.78 is 15.4. The fourth-order valence-electron chi connectivity index (χ4n) is 3.03. The molecule has 1 aromatic carbocycles. The number of carbonyl (C=O) groups is 3. The number of esters is 2. The lowest BCUT2D eigenvalue weighted by Crippen LogP contribution is -2.34. The molecule has 2 atom stereocenters. The van der Waals surface area contributed by atoms with Crippen molar-refractivity contribution in [2.45, 2.75) is 26.2 Å². The number of methoxy groups -OCH3 is 1. The third kappa shape index (κ3) is 5.88. The first-order valence-corrected chi connectivity index (χ1v) is 9.43. The van der Waals surface area contributed by atoms with E-state index in [1.54, 1.807) is 50.2 Å². The Labute approximate surface area is 170 Å². The van der Waals surface area contributed by atoms with Crippen LogP contribution in [-0.2, 0) is 19.1 Å². The molecule has 0 bridgehead atoms. The van der Waals surface area contributed by atoms with E-state index < -0.39 is 29.6 Å². The topological polar surface area (TPSA) is 91.8 Å². The third-order valence-electron chi connectivity index (χ3n) is 4.38. The Morgan fingerprint density at radius 1 is 0.966 bits per heavy atom. The predicted molar refractivity (Wildman–Crippen MR) is 106 cm³/mol. The summed E-state index contributed by atoms with van der Waals surface area (Å²) in [6, 6.07) is 11.7. The van der Waals surface area contributed by atoms with Crippen LogP contribution in [0.1, 0.15) is 42.2 Å². The molecular weight excluding hydrogens is 374 g/mol. The number of hydrogen-bond acceptors (Lipinski definition) is 7. The second-order valence-corrected chi connectivity index (χ2v) is 6.20. The molecule has 1 heterocycles. The van der Waals surface area contributed by atoms with Crippen molar-refractivity contribution in [1.29, 1.82) is 0 Å². The largest absolute Gasteiger partial charge is 0.497 e. The maximum absolute atomic E-state index is 13.2. The molecule has 0 unspecified atom stereocenters. The highest BCUT2D eigenvalue weighted by Gasteiger charge is 2.39. The van der Waals surface area contributed by atoms with E-state index in [1.807, 2.05) is 0 Å². The monoisotopic (exact) mass is 399 g/mol. The maximum atomic E-state index is 13.2. The van der Waals surface area contributed by atoms with Gasteiger partial charge >= 0.3 is 11.9 Å². The number of ether oxygens (including phenoxy) is 3. The van der Waals surface area contributed by atoms with Crippen LogP contribution < -0.4 is 4.74 Å². The lowest BCUT2D eigenvalue weighted by atomic mass is 9.80. The van der Waals surface area contributed by atoms with Gasteiger partial charge in [0.1, 0.15) is 17.4 Å². The SMILES string of the molecule is CCOC(=O)C[C@H](c1ccc(OC)cc1)[C@H](C(=O)OCC)C(=O)c1ccccn1. The van der Waals surface area contributed by atoms with Crippen LogP contribution in [-0.4, -0.2) is 43.0 Å². The van der Waals surface area contributed by atoms with Crippen molar-refractivity contribution in [2.75, 3.05) is 20.3 Å². The Balaban J connectivity index is 2.50. The Bertz CT molecular complexity index is 819. The Hall–Kier alpha value is -3.22. The molecule has 0 saturated carbocycles. The minimum absolute atomic E-state index is 0.111. The summed E-state index contributed by atoms with van der Waals surface area (Å²) in [6.07, 6.45) is 1.32. The van der Waals surface area contributed by atoms with E-state index in [0.717, 1.165) is 0 Å². The molecule has 29 heavy (non-hydrogen) atoms. The smallest absolute Gasteiger partial charge is 0.317 e. The van der Waals surface area contributed by atoms with Gasteiger partial charge in [-0.05, 0) is 43.7 Å². The zero-order chi connectivity index (χ0) is 21.2. The molecule has 0 amide bonds. The molecule has 0 fully saturated rings. The van der Waals surface area contributed by atoms with Crippen molar-refractivity contribution in [3.8, 4) is 5.75 Å². The standard InChI is InChI=1S/C22H25NO6/c1-4-28-19(24)14-17(15-9-11-16(27-3)12-10-15)20(22(26)29-5-2)21(25)18-8-6-7-13-23-18/h6-13,17,20H,4-5,14H2,1-3H3/t17-,20+/m1/s1. The minimum Gasteiger partial charge on any atom is -0.497 e. The molecule has 2 aromatic rings. The summed E-state index contributed by atoms with van der Waals surface area (Å²) in [5, 5.41) is 0. The van der Waals surface area contributed by atoms with Gasteiger partial charge in [0.15, 0.2) is 5.78 Å². The highest BCUT2D eigenvalue weighted by Crippen LogP contribution is 2.33. The number of aromatic nitrogens is 1. The van der Waals surface area contributed by atoms with Crippen molar-refractivity contribution in [3.05, 3.63) is 59.9 Å².